The van der Waals surface area contributed by atoms with Crippen molar-refractivity contribution in [2.75, 3.05) is 39.0 Å². The van der Waals surface area contributed by atoms with Crippen LogP contribution in [-0.4, -0.2) is 62.8 Å². The minimum Gasteiger partial charge on any atom is -0.494 e. The lowest BCUT2D eigenvalue weighted by Gasteiger charge is -2.47. The summed E-state index contributed by atoms with van der Waals surface area (Å²) in [6, 6.07) is 17.3. The van der Waals surface area contributed by atoms with Crippen molar-refractivity contribution in [3.05, 3.63) is 60.2 Å². The van der Waals surface area contributed by atoms with Crippen LogP contribution >= 0.6 is 0 Å². The Morgan fingerprint density at radius 1 is 1.00 bits per heavy atom. The Labute approximate surface area is 175 Å². The number of sulfone groups is 1. The molecule has 1 saturated heterocycles. The predicted octanol–water partition coefficient (Wildman–Crippen LogP) is 3.46. The Kier molecular flexibility index (Phi) is 6.98. The van der Waals surface area contributed by atoms with Crippen LogP contribution in [0.25, 0.3) is 0 Å². The van der Waals surface area contributed by atoms with Crippen LogP contribution in [-0.2, 0) is 16.4 Å². The molecular weight excluding hydrogens is 384 g/mol. The van der Waals surface area contributed by atoms with Crippen molar-refractivity contribution >= 4 is 9.84 Å². The summed E-state index contributed by atoms with van der Waals surface area (Å²) in [5.41, 5.74) is 1.50. The molecule has 158 valence electrons. The number of hydrogen-bond acceptors (Lipinski definition) is 5. The smallest absolute Gasteiger partial charge is 0.175 e. The minimum absolute atomic E-state index is 0.135. The lowest BCUT2D eigenvalue weighted by atomic mass is 9.97. The molecule has 29 heavy (non-hydrogen) atoms. The summed E-state index contributed by atoms with van der Waals surface area (Å²) in [5.74, 6) is 0.713. The maximum absolute atomic E-state index is 11.5. The summed E-state index contributed by atoms with van der Waals surface area (Å²) in [6.07, 6.45) is 2.16. The van der Waals surface area contributed by atoms with Crippen LogP contribution in [0, 0.1) is 0 Å². The van der Waals surface area contributed by atoms with Gasteiger partial charge in [0.15, 0.2) is 9.84 Å². The quantitative estimate of drug-likeness (QED) is 0.617. The molecule has 3 rings (SSSR count). The van der Waals surface area contributed by atoms with E-state index in [0.717, 1.165) is 39.1 Å². The van der Waals surface area contributed by atoms with E-state index in [-0.39, 0.29) is 5.54 Å². The highest BCUT2D eigenvalue weighted by molar-refractivity contribution is 7.90. The highest BCUT2D eigenvalue weighted by Crippen LogP contribution is 2.23. The molecule has 2 aromatic carbocycles. The Morgan fingerprint density at radius 2 is 1.69 bits per heavy atom. The minimum atomic E-state index is -3.16. The number of nitrogens with zero attached hydrogens (tertiary/aromatic N) is 2. The van der Waals surface area contributed by atoms with E-state index in [4.69, 9.17) is 4.74 Å². The van der Waals surface area contributed by atoms with Crippen LogP contribution in [0.5, 0.6) is 5.75 Å². The zero-order chi connectivity index (χ0) is 20.9. The van der Waals surface area contributed by atoms with Crippen LogP contribution in [0.2, 0.25) is 0 Å². The monoisotopic (exact) mass is 416 g/mol. The van der Waals surface area contributed by atoms with E-state index in [9.17, 15) is 8.42 Å². The summed E-state index contributed by atoms with van der Waals surface area (Å²) in [6.45, 7) is 10.4. The van der Waals surface area contributed by atoms with Crippen molar-refractivity contribution in [1.29, 1.82) is 0 Å². The van der Waals surface area contributed by atoms with Gasteiger partial charge in [-0.3, -0.25) is 4.90 Å². The molecule has 1 aliphatic rings. The predicted molar refractivity (Wildman–Crippen MR) is 117 cm³/mol. The van der Waals surface area contributed by atoms with Crippen molar-refractivity contribution in [2.45, 2.75) is 37.2 Å². The van der Waals surface area contributed by atoms with Crippen LogP contribution in [0.3, 0.4) is 0 Å². The largest absolute Gasteiger partial charge is 0.494 e. The standard InChI is InChI=1S/C23H32N2O3S/c1-23(2)19-24(15-16-25(23)18-20-8-5-4-6-9-20)14-7-17-28-21-10-12-22(13-11-21)29(3,26)27/h4-6,8-13H,7,14-19H2,1-3H3. The van der Waals surface area contributed by atoms with Crippen LogP contribution in [0.1, 0.15) is 25.8 Å². The summed E-state index contributed by atoms with van der Waals surface area (Å²) < 4.78 is 28.8. The molecule has 1 heterocycles. The number of hydrogen-bond donors (Lipinski definition) is 0. The van der Waals surface area contributed by atoms with Crippen molar-refractivity contribution in [3.8, 4) is 5.75 Å². The molecule has 0 radical (unpaired) electrons. The molecule has 1 aliphatic heterocycles. The summed E-state index contributed by atoms with van der Waals surface area (Å²) >= 11 is 0. The van der Waals surface area contributed by atoms with E-state index in [1.54, 1.807) is 24.3 Å². The van der Waals surface area contributed by atoms with Gasteiger partial charge < -0.3 is 9.64 Å². The molecule has 5 nitrogen and oxygen atoms in total. The second-order valence-corrected chi connectivity index (χ2v) is 10.5. The molecule has 1 fully saturated rings. The van der Waals surface area contributed by atoms with Gasteiger partial charge >= 0.3 is 0 Å². The average molecular weight is 417 g/mol. The van der Waals surface area contributed by atoms with E-state index in [2.05, 4.69) is 54.0 Å². The van der Waals surface area contributed by atoms with Gasteiger partial charge in [-0.2, -0.15) is 0 Å². The second-order valence-electron chi connectivity index (χ2n) is 8.44. The first-order chi connectivity index (χ1) is 13.7. The summed E-state index contributed by atoms with van der Waals surface area (Å²) in [4.78, 5) is 5.40. The number of benzene rings is 2. The van der Waals surface area contributed by atoms with Crippen molar-refractivity contribution in [2.24, 2.45) is 0 Å². The Bertz CT molecular complexity index is 880. The molecule has 2 aromatic rings. The zero-order valence-electron chi connectivity index (χ0n) is 17.7. The second kappa shape index (κ2) is 9.28. The number of piperazine rings is 1. The number of rotatable bonds is 8. The third-order valence-electron chi connectivity index (χ3n) is 5.51. The first-order valence-electron chi connectivity index (χ1n) is 10.2. The topological polar surface area (TPSA) is 49.9 Å². The van der Waals surface area contributed by atoms with Gasteiger partial charge in [0.1, 0.15) is 5.75 Å². The first kappa shape index (κ1) is 21.8. The van der Waals surface area contributed by atoms with Gasteiger partial charge in [0.05, 0.1) is 11.5 Å². The molecule has 0 bridgehead atoms. The maximum Gasteiger partial charge on any atom is 0.175 e. The molecule has 0 atom stereocenters. The highest BCUT2D eigenvalue weighted by Gasteiger charge is 2.33. The average Bonchev–Trinajstić information content (AvgIpc) is 2.67. The van der Waals surface area contributed by atoms with E-state index >= 15 is 0 Å². The molecule has 0 aromatic heterocycles. The molecule has 0 saturated carbocycles. The van der Waals surface area contributed by atoms with E-state index < -0.39 is 9.84 Å². The van der Waals surface area contributed by atoms with Gasteiger partial charge in [0, 0.05) is 44.5 Å². The highest BCUT2D eigenvalue weighted by atomic mass is 32.2. The van der Waals surface area contributed by atoms with Gasteiger partial charge in [-0.1, -0.05) is 30.3 Å². The maximum atomic E-state index is 11.5. The van der Waals surface area contributed by atoms with Crippen molar-refractivity contribution in [1.82, 2.24) is 9.80 Å². The summed E-state index contributed by atoms with van der Waals surface area (Å²) in [5, 5.41) is 0. The van der Waals surface area contributed by atoms with Crippen molar-refractivity contribution in [3.63, 3.8) is 0 Å². The van der Waals surface area contributed by atoms with Crippen LogP contribution < -0.4 is 4.74 Å². The van der Waals surface area contributed by atoms with E-state index in [0.29, 0.717) is 17.3 Å². The molecule has 0 unspecified atom stereocenters. The Morgan fingerprint density at radius 3 is 2.31 bits per heavy atom. The SMILES string of the molecule is CC1(C)CN(CCCOc2ccc(S(C)(=O)=O)cc2)CCN1Cc1ccccc1. The third-order valence-corrected chi connectivity index (χ3v) is 6.64. The van der Waals surface area contributed by atoms with Crippen molar-refractivity contribution < 1.29 is 13.2 Å². The molecule has 0 spiro atoms. The molecule has 0 aliphatic carbocycles. The molecular formula is C23H32N2O3S. The van der Waals surface area contributed by atoms with Crippen LogP contribution in [0.15, 0.2) is 59.5 Å². The van der Waals surface area contributed by atoms with Gasteiger partial charge in [0.25, 0.3) is 0 Å². The summed E-state index contributed by atoms with van der Waals surface area (Å²) in [7, 11) is -3.16. The fourth-order valence-corrected chi connectivity index (χ4v) is 4.47. The molecule has 0 N–H and O–H groups in total. The normalized spacial score (nSPS) is 17.9. The number of ether oxygens (including phenoxy) is 1. The fourth-order valence-electron chi connectivity index (χ4n) is 3.84. The van der Waals surface area contributed by atoms with Gasteiger partial charge in [-0.05, 0) is 50.1 Å². The Hall–Kier alpha value is -1.89. The first-order valence-corrected chi connectivity index (χ1v) is 12.1. The van der Waals surface area contributed by atoms with Gasteiger partial charge in [0.2, 0.25) is 0 Å². The fraction of sp³-hybridized carbons (Fsp3) is 0.478. The Balaban J connectivity index is 1.42. The lowest BCUT2D eigenvalue weighted by molar-refractivity contribution is 0.0122. The zero-order valence-corrected chi connectivity index (χ0v) is 18.5. The van der Waals surface area contributed by atoms with Gasteiger partial charge in [-0.15, -0.1) is 0 Å². The van der Waals surface area contributed by atoms with E-state index in [1.807, 2.05) is 0 Å². The van der Waals surface area contributed by atoms with Gasteiger partial charge in [-0.25, -0.2) is 8.42 Å². The molecule has 0 amide bonds. The lowest BCUT2D eigenvalue weighted by Crippen LogP contribution is -2.58. The molecule has 6 heteroatoms. The van der Waals surface area contributed by atoms with Crippen LogP contribution in [0.4, 0.5) is 0 Å². The van der Waals surface area contributed by atoms with E-state index in [1.165, 1.54) is 11.8 Å². The third kappa shape index (κ3) is 6.29.